The van der Waals surface area contributed by atoms with E-state index in [2.05, 4.69) is 5.32 Å². The first-order chi connectivity index (χ1) is 21.1. The number of nitrogens with one attached hydrogen (secondary N) is 1. The molecule has 0 spiro atoms. The molecule has 1 aliphatic carbocycles. The molecule has 2 amide bonds. The highest BCUT2D eigenvalue weighted by Crippen LogP contribution is 2.43. The number of carbonyl (C=O) groups is 2. The SMILES string of the molecule is CCCN(CCC)C(=O)C1=CC=CC(C(N)=O)([C@H](Cc2ccccc2)C(O)CN[C@@H](CO)C(O)c2ccc([N+](=O)[O-])cc2)C1. The highest BCUT2D eigenvalue weighted by molar-refractivity contribution is 5.96. The van der Waals surface area contributed by atoms with Crippen molar-refractivity contribution in [2.24, 2.45) is 17.1 Å². The van der Waals surface area contributed by atoms with Gasteiger partial charge in [0.05, 0.1) is 35.2 Å². The molecule has 5 atom stereocenters. The van der Waals surface area contributed by atoms with Crippen LogP contribution in [0.15, 0.2) is 78.4 Å². The molecule has 0 heterocycles. The van der Waals surface area contributed by atoms with E-state index in [1.54, 1.807) is 23.1 Å². The number of nitrogens with two attached hydrogens (primary N) is 1. The minimum absolute atomic E-state index is 0.0189. The summed E-state index contributed by atoms with van der Waals surface area (Å²) in [5.74, 6) is -1.61. The highest BCUT2D eigenvalue weighted by atomic mass is 16.6. The van der Waals surface area contributed by atoms with Gasteiger partial charge in [-0.2, -0.15) is 0 Å². The van der Waals surface area contributed by atoms with E-state index in [0.29, 0.717) is 24.2 Å². The summed E-state index contributed by atoms with van der Waals surface area (Å²) in [7, 11) is 0. The highest BCUT2D eigenvalue weighted by Gasteiger charge is 2.48. The Morgan fingerprint density at radius 2 is 1.70 bits per heavy atom. The lowest BCUT2D eigenvalue weighted by molar-refractivity contribution is -0.384. The maximum atomic E-state index is 13.6. The van der Waals surface area contributed by atoms with Crippen LogP contribution in [0.1, 0.15) is 50.3 Å². The van der Waals surface area contributed by atoms with Gasteiger partial charge in [0.2, 0.25) is 11.8 Å². The average molecular weight is 609 g/mol. The van der Waals surface area contributed by atoms with Gasteiger partial charge in [-0.15, -0.1) is 0 Å². The predicted octanol–water partition coefficient (Wildman–Crippen LogP) is 2.81. The molecule has 0 saturated carbocycles. The molecule has 1 aliphatic rings. The van der Waals surface area contributed by atoms with Crippen molar-refractivity contribution in [2.75, 3.05) is 26.2 Å². The molecule has 44 heavy (non-hydrogen) atoms. The van der Waals surface area contributed by atoms with Crippen molar-refractivity contribution in [1.29, 1.82) is 0 Å². The summed E-state index contributed by atoms with van der Waals surface area (Å²) in [5.41, 5.74) is 6.20. The largest absolute Gasteiger partial charge is 0.395 e. The Balaban J connectivity index is 1.89. The van der Waals surface area contributed by atoms with E-state index in [0.717, 1.165) is 18.4 Å². The standard InChI is InChI=1S/C33H44N4O7/c1-3-17-36(18-4-2)31(41)25-11-8-16-33(20-25,32(34)42)27(19-23-9-6-5-7-10-23)29(39)21-35-28(22-38)30(40)24-12-14-26(15-13-24)37(43)44/h5-16,27-30,35,38-40H,3-4,17-22H2,1-2H3,(H2,34,42)/t27-,28+,29?,30?,33?/m1/s1. The van der Waals surface area contributed by atoms with Gasteiger partial charge in [0, 0.05) is 43.3 Å². The molecule has 2 aromatic carbocycles. The Morgan fingerprint density at radius 3 is 2.25 bits per heavy atom. The minimum Gasteiger partial charge on any atom is -0.395 e. The first kappa shape index (κ1) is 34.6. The van der Waals surface area contributed by atoms with Crippen molar-refractivity contribution in [1.82, 2.24) is 10.2 Å². The van der Waals surface area contributed by atoms with Gasteiger partial charge in [0.1, 0.15) is 0 Å². The van der Waals surface area contributed by atoms with Gasteiger partial charge < -0.3 is 31.3 Å². The molecule has 3 unspecified atom stereocenters. The second-order valence-electron chi connectivity index (χ2n) is 11.3. The number of amides is 2. The summed E-state index contributed by atoms with van der Waals surface area (Å²) in [6.07, 6.45) is 4.45. The number of non-ortho nitro benzene ring substituents is 1. The summed E-state index contributed by atoms with van der Waals surface area (Å²) < 4.78 is 0. The normalized spacial score (nSPS) is 19.0. The van der Waals surface area contributed by atoms with Gasteiger partial charge in [0.15, 0.2) is 0 Å². The van der Waals surface area contributed by atoms with Crippen molar-refractivity contribution < 1.29 is 29.8 Å². The fraction of sp³-hybridized carbons (Fsp3) is 0.455. The molecule has 2 aromatic rings. The summed E-state index contributed by atoms with van der Waals surface area (Å²) in [4.78, 5) is 39.1. The molecule has 11 heteroatoms. The molecule has 3 rings (SSSR count). The van der Waals surface area contributed by atoms with E-state index < -0.39 is 47.0 Å². The van der Waals surface area contributed by atoms with Gasteiger partial charge in [0.25, 0.3) is 5.69 Å². The van der Waals surface area contributed by atoms with Gasteiger partial charge >= 0.3 is 0 Å². The first-order valence-electron chi connectivity index (χ1n) is 15.0. The number of allylic oxidation sites excluding steroid dienone is 2. The Hall–Kier alpha value is -3.90. The zero-order chi connectivity index (χ0) is 32.3. The zero-order valence-electron chi connectivity index (χ0n) is 25.3. The van der Waals surface area contributed by atoms with Crippen LogP contribution in [-0.2, 0) is 16.0 Å². The van der Waals surface area contributed by atoms with Crippen molar-refractivity contribution in [2.45, 2.75) is 57.8 Å². The second-order valence-corrected chi connectivity index (χ2v) is 11.3. The molecular weight excluding hydrogens is 564 g/mol. The minimum atomic E-state index is -1.40. The number of primary amides is 1. The fourth-order valence-electron chi connectivity index (χ4n) is 5.83. The Kier molecular flexibility index (Phi) is 12.8. The third-order valence-corrected chi connectivity index (χ3v) is 8.22. The third kappa shape index (κ3) is 8.38. The van der Waals surface area contributed by atoms with Crippen LogP contribution in [0.2, 0.25) is 0 Å². The number of nitrogens with zero attached hydrogens (tertiary/aromatic N) is 2. The summed E-state index contributed by atoms with van der Waals surface area (Å²) >= 11 is 0. The van der Waals surface area contributed by atoms with Crippen LogP contribution in [0.5, 0.6) is 0 Å². The molecule has 0 saturated heterocycles. The topological polar surface area (TPSA) is 179 Å². The van der Waals surface area contributed by atoms with Gasteiger partial charge in [-0.3, -0.25) is 19.7 Å². The number of nitro benzene ring substituents is 1. The van der Waals surface area contributed by atoms with Gasteiger partial charge in [-0.05, 0) is 48.9 Å². The van der Waals surface area contributed by atoms with Crippen LogP contribution in [0, 0.1) is 21.4 Å². The van der Waals surface area contributed by atoms with E-state index in [1.807, 2.05) is 44.2 Å². The lowest BCUT2D eigenvalue weighted by atomic mass is 9.64. The number of hydrogen-bond donors (Lipinski definition) is 5. The third-order valence-electron chi connectivity index (χ3n) is 8.22. The maximum absolute atomic E-state index is 13.6. The molecule has 0 fully saturated rings. The van der Waals surface area contributed by atoms with Crippen molar-refractivity contribution >= 4 is 17.5 Å². The van der Waals surface area contributed by atoms with Crippen molar-refractivity contribution in [3.05, 3.63) is 99.6 Å². The Morgan fingerprint density at radius 1 is 1.07 bits per heavy atom. The summed E-state index contributed by atoms with van der Waals surface area (Å²) in [6.45, 7) is 4.53. The van der Waals surface area contributed by atoms with Crippen LogP contribution in [0.4, 0.5) is 5.69 Å². The molecule has 11 nitrogen and oxygen atoms in total. The number of aliphatic hydroxyl groups excluding tert-OH is 3. The van der Waals surface area contributed by atoms with Gasteiger partial charge in [-0.25, -0.2) is 0 Å². The number of hydrogen-bond acceptors (Lipinski definition) is 8. The Bertz CT molecular complexity index is 1310. The monoisotopic (exact) mass is 608 g/mol. The number of nitro groups is 1. The first-order valence-corrected chi connectivity index (χ1v) is 15.0. The molecule has 0 aliphatic heterocycles. The lowest BCUT2D eigenvalue weighted by Gasteiger charge is -2.41. The number of aliphatic hydroxyl groups is 3. The van der Waals surface area contributed by atoms with Crippen LogP contribution in [0.3, 0.4) is 0 Å². The van der Waals surface area contributed by atoms with Crippen LogP contribution < -0.4 is 11.1 Å². The number of carbonyl (C=O) groups excluding carboxylic acids is 2. The quantitative estimate of drug-likeness (QED) is 0.134. The Labute approximate surface area is 258 Å². The number of rotatable bonds is 17. The van der Waals surface area contributed by atoms with Crippen molar-refractivity contribution in [3.8, 4) is 0 Å². The molecule has 0 bridgehead atoms. The van der Waals surface area contributed by atoms with E-state index >= 15 is 0 Å². The molecule has 0 aromatic heterocycles. The number of benzene rings is 2. The van der Waals surface area contributed by atoms with Gasteiger partial charge in [-0.1, -0.05) is 62.4 Å². The molecule has 0 radical (unpaired) electrons. The zero-order valence-corrected chi connectivity index (χ0v) is 25.3. The van der Waals surface area contributed by atoms with E-state index in [1.165, 1.54) is 24.3 Å². The van der Waals surface area contributed by atoms with E-state index in [-0.39, 0.29) is 31.0 Å². The van der Waals surface area contributed by atoms with Crippen LogP contribution in [-0.4, -0.2) is 75.3 Å². The summed E-state index contributed by atoms with van der Waals surface area (Å²) in [5, 5.41) is 46.7. The van der Waals surface area contributed by atoms with Crippen molar-refractivity contribution in [3.63, 3.8) is 0 Å². The van der Waals surface area contributed by atoms with Crippen LogP contribution in [0.25, 0.3) is 0 Å². The smallest absolute Gasteiger partial charge is 0.269 e. The van der Waals surface area contributed by atoms with E-state index in [4.69, 9.17) is 5.73 Å². The second kappa shape index (κ2) is 16.2. The fourth-order valence-corrected chi connectivity index (χ4v) is 5.83. The average Bonchev–Trinajstić information content (AvgIpc) is 3.03. The van der Waals surface area contributed by atoms with Crippen LogP contribution >= 0.6 is 0 Å². The summed E-state index contributed by atoms with van der Waals surface area (Å²) in [6, 6.07) is 13.8. The lowest BCUT2D eigenvalue weighted by Crippen LogP contribution is -2.53. The molecular formula is C33H44N4O7. The maximum Gasteiger partial charge on any atom is 0.269 e. The van der Waals surface area contributed by atoms with E-state index in [9.17, 15) is 35.0 Å². The molecule has 238 valence electrons. The predicted molar refractivity (Wildman–Crippen MR) is 167 cm³/mol. The molecule has 6 N–H and O–H groups in total.